The first kappa shape index (κ1) is 20.2. The largest absolute Gasteiger partial charge is 0.504 e. The summed E-state index contributed by atoms with van der Waals surface area (Å²) < 4.78 is 5.21. The third-order valence-electron chi connectivity index (χ3n) is 6.39. The summed E-state index contributed by atoms with van der Waals surface area (Å²) in [4.78, 5) is 13.5. The molecule has 5 heteroatoms. The molecule has 1 heterocycles. The molecule has 0 spiro atoms. The van der Waals surface area contributed by atoms with E-state index in [0.717, 1.165) is 34.6 Å². The Hall–Kier alpha value is -3.73. The van der Waals surface area contributed by atoms with Crippen molar-refractivity contribution in [2.24, 2.45) is 0 Å². The Morgan fingerprint density at radius 1 is 0.938 bits per heavy atom. The molecule has 0 saturated carbocycles. The summed E-state index contributed by atoms with van der Waals surface area (Å²) in [6.07, 6.45) is 1.21. The summed E-state index contributed by atoms with van der Waals surface area (Å²) in [5.74, 6) is 0.708. The second-order valence-electron chi connectivity index (χ2n) is 8.51. The normalized spacial score (nSPS) is 19.9. The Morgan fingerprint density at radius 2 is 1.66 bits per heavy atom. The standard InChI is InChI=1S/C27H26N2O3/c1-16-7-9-17(10-8-16)19-13-22-26(24(31)15-19)27(18-11-12-25(32-2)23(30)14-18)29-21-6-4-3-5-20(21)28-22/h3-12,14,19,27-30H,13,15H2,1-2H3. The lowest BCUT2D eigenvalue weighted by molar-refractivity contribution is -0.116. The lowest BCUT2D eigenvalue weighted by atomic mass is 9.78. The number of anilines is 2. The molecular formula is C27H26N2O3. The topological polar surface area (TPSA) is 70.6 Å². The van der Waals surface area contributed by atoms with Gasteiger partial charge in [-0.2, -0.15) is 0 Å². The number of hydrogen-bond donors (Lipinski definition) is 3. The monoisotopic (exact) mass is 426 g/mol. The number of methoxy groups -OCH3 is 1. The zero-order chi connectivity index (χ0) is 22.2. The lowest BCUT2D eigenvalue weighted by Crippen LogP contribution is -2.26. The molecule has 5 nitrogen and oxygen atoms in total. The van der Waals surface area contributed by atoms with Crippen LogP contribution in [0.1, 0.15) is 41.5 Å². The van der Waals surface area contributed by atoms with Gasteiger partial charge in [0.15, 0.2) is 17.3 Å². The van der Waals surface area contributed by atoms with Crippen LogP contribution in [-0.4, -0.2) is 18.0 Å². The minimum atomic E-state index is -0.371. The van der Waals surface area contributed by atoms with E-state index < -0.39 is 0 Å². The first-order chi connectivity index (χ1) is 15.5. The van der Waals surface area contributed by atoms with Gasteiger partial charge in [0.25, 0.3) is 0 Å². The highest BCUT2D eigenvalue weighted by atomic mass is 16.5. The molecule has 3 aromatic rings. The molecular weight excluding hydrogens is 400 g/mol. The number of phenols is 1. The number of fused-ring (bicyclic) bond motifs is 1. The van der Waals surface area contributed by atoms with Gasteiger partial charge in [-0.15, -0.1) is 0 Å². The Bertz CT molecular complexity index is 1210. The van der Waals surface area contributed by atoms with Crippen molar-refractivity contribution in [2.45, 2.75) is 31.7 Å². The average Bonchev–Trinajstić information content (AvgIpc) is 2.96. The molecule has 0 aromatic heterocycles. The van der Waals surface area contributed by atoms with E-state index in [1.807, 2.05) is 30.3 Å². The van der Waals surface area contributed by atoms with Gasteiger partial charge in [-0.05, 0) is 54.7 Å². The summed E-state index contributed by atoms with van der Waals surface area (Å²) in [7, 11) is 1.52. The molecule has 2 unspecified atom stereocenters. The molecule has 1 aliphatic heterocycles. The van der Waals surface area contributed by atoms with Crippen LogP contribution in [0.25, 0.3) is 0 Å². The molecule has 0 saturated heterocycles. The smallest absolute Gasteiger partial charge is 0.163 e. The lowest BCUT2D eigenvalue weighted by Gasteiger charge is -2.30. The van der Waals surface area contributed by atoms with Gasteiger partial charge in [0, 0.05) is 17.7 Å². The molecule has 3 N–H and O–H groups in total. The number of carbonyl (C=O) groups excluding carboxylic acids is 1. The van der Waals surface area contributed by atoms with Crippen molar-refractivity contribution in [1.82, 2.24) is 0 Å². The SMILES string of the molecule is COc1ccc(C2Nc3ccccc3NC3=C2C(=O)CC(c2ccc(C)cc2)C3)cc1O. The van der Waals surface area contributed by atoms with Crippen molar-refractivity contribution in [3.63, 3.8) is 0 Å². The van der Waals surface area contributed by atoms with E-state index in [4.69, 9.17) is 4.74 Å². The third-order valence-corrected chi connectivity index (χ3v) is 6.39. The van der Waals surface area contributed by atoms with E-state index in [1.54, 1.807) is 12.1 Å². The highest BCUT2D eigenvalue weighted by Crippen LogP contribution is 2.45. The molecule has 162 valence electrons. The van der Waals surface area contributed by atoms with Crippen molar-refractivity contribution in [2.75, 3.05) is 17.7 Å². The maximum atomic E-state index is 13.5. The van der Waals surface area contributed by atoms with Crippen molar-refractivity contribution in [1.29, 1.82) is 0 Å². The molecule has 0 radical (unpaired) electrons. The number of rotatable bonds is 3. The van der Waals surface area contributed by atoms with Gasteiger partial charge in [0.2, 0.25) is 0 Å². The Morgan fingerprint density at radius 3 is 2.38 bits per heavy atom. The third kappa shape index (κ3) is 3.60. The van der Waals surface area contributed by atoms with Gasteiger partial charge < -0.3 is 20.5 Å². The van der Waals surface area contributed by atoms with Crippen LogP contribution in [0.2, 0.25) is 0 Å². The number of Topliss-reactive ketones (excluding diaryl/α,β-unsaturated/α-hetero) is 1. The zero-order valence-electron chi connectivity index (χ0n) is 18.2. The van der Waals surface area contributed by atoms with E-state index in [1.165, 1.54) is 18.2 Å². The zero-order valence-corrected chi connectivity index (χ0v) is 18.2. The van der Waals surface area contributed by atoms with E-state index in [-0.39, 0.29) is 23.5 Å². The highest BCUT2D eigenvalue weighted by molar-refractivity contribution is 6.01. The Balaban J connectivity index is 1.60. The average molecular weight is 427 g/mol. The summed E-state index contributed by atoms with van der Waals surface area (Å²) in [6, 6.07) is 21.4. The van der Waals surface area contributed by atoms with Crippen LogP contribution in [-0.2, 0) is 4.79 Å². The van der Waals surface area contributed by atoms with E-state index in [2.05, 4.69) is 41.8 Å². The second kappa shape index (κ2) is 8.08. The number of phenolic OH excluding ortho intramolecular Hbond substituents is 1. The predicted molar refractivity (Wildman–Crippen MR) is 126 cm³/mol. The van der Waals surface area contributed by atoms with Crippen LogP contribution in [0.15, 0.2) is 78.0 Å². The number of allylic oxidation sites excluding steroid dienone is 1. The number of benzene rings is 3. The van der Waals surface area contributed by atoms with Crippen LogP contribution in [0.5, 0.6) is 11.5 Å². The molecule has 32 heavy (non-hydrogen) atoms. The second-order valence-corrected chi connectivity index (χ2v) is 8.51. The first-order valence-electron chi connectivity index (χ1n) is 10.9. The molecule has 0 fully saturated rings. The summed E-state index contributed by atoms with van der Waals surface area (Å²) >= 11 is 0. The van der Waals surface area contributed by atoms with Gasteiger partial charge in [-0.1, -0.05) is 48.0 Å². The van der Waals surface area contributed by atoms with Gasteiger partial charge in [-0.25, -0.2) is 0 Å². The molecule has 0 amide bonds. The minimum Gasteiger partial charge on any atom is -0.504 e. The summed E-state index contributed by atoms with van der Waals surface area (Å²) in [5.41, 5.74) is 6.73. The van der Waals surface area contributed by atoms with E-state index in [0.29, 0.717) is 12.2 Å². The number of para-hydroxylation sites is 2. The van der Waals surface area contributed by atoms with Crippen molar-refractivity contribution < 1.29 is 14.6 Å². The van der Waals surface area contributed by atoms with Crippen molar-refractivity contribution in [3.05, 3.63) is 94.7 Å². The predicted octanol–water partition coefficient (Wildman–Crippen LogP) is 5.69. The number of aromatic hydroxyl groups is 1. The fourth-order valence-electron chi connectivity index (χ4n) is 4.70. The summed E-state index contributed by atoms with van der Waals surface area (Å²) in [5, 5.41) is 17.5. The number of ketones is 1. The number of aryl methyl sites for hydroxylation is 1. The van der Waals surface area contributed by atoms with Gasteiger partial charge >= 0.3 is 0 Å². The fraction of sp³-hybridized carbons (Fsp3) is 0.222. The number of carbonyl (C=O) groups is 1. The molecule has 0 bridgehead atoms. The maximum absolute atomic E-state index is 13.5. The van der Waals surface area contributed by atoms with E-state index in [9.17, 15) is 9.90 Å². The van der Waals surface area contributed by atoms with Gasteiger partial charge in [0.1, 0.15) is 0 Å². The van der Waals surface area contributed by atoms with Crippen LogP contribution >= 0.6 is 0 Å². The van der Waals surface area contributed by atoms with Crippen LogP contribution in [0.3, 0.4) is 0 Å². The number of ether oxygens (including phenoxy) is 1. The Kier molecular flexibility index (Phi) is 5.10. The number of nitrogens with one attached hydrogen (secondary N) is 2. The van der Waals surface area contributed by atoms with E-state index >= 15 is 0 Å². The summed E-state index contributed by atoms with van der Waals surface area (Å²) in [6.45, 7) is 2.07. The molecule has 2 atom stereocenters. The Labute approximate surface area is 187 Å². The molecule has 3 aromatic carbocycles. The fourth-order valence-corrected chi connectivity index (χ4v) is 4.70. The van der Waals surface area contributed by atoms with Crippen molar-refractivity contribution >= 4 is 17.2 Å². The van der Waals surface area contributed by atoms with Crippen LogP contribution < -0.4 is 15.4 Å². The maximum Gasteiger partial charge on any atom is 0.163 e. The highest BCUT2D eigenvalue weighted by Gasteiger charge is 2.36. The minimum absolute atomic E-state index is 0.0558. The van der Waals surface area contributed by atoms with Crippen LogP contribution in [0, 0.1) is 6.92 Å². The first-order valence-corrected chi connectivity index (χ1v) is 10.9. The molecule has 2 aliphatic rings. The molecule has 5 rings (SSSR count). The van der Waals surface area contributed by atoms with Crippen LogP contribution in [0.4, 0.5) is 11.4 Å². The molecule has 1 aliphatic carbocycles. The van der Waals surface area contributed by atoms with Crippen molar-refractivity contribution in [3.8, 4) is 11.5 Å². The van der Waals surface area contributed by atoms with Gasteiger partial charge in [0.05, 0.1) is 24.5 Å². The van der Waals surface area contributed by atoms with Gasteiger partial charge in [-0.3, -0.25) is 4.79 Å². The quantitative estimate of drug-likeness (QED) is 0.502. The number of hydrogen-bond acceptors (Lipinski definition) is 5.